The average Bonchev–Trinajstić information content (AvgIpc) is 2.72. The maximum Gasteiger partial charge on any atom is 0.257 e. The van der Waals surface area contributed by atoms with Gasteiger partial charge in [-0.1, -0.05) is 11.3 Å². The lowest BCUT2D eigenvalue weighted by Gasteiger charge is -1.97. The Morgan fingerprint density at radius 1 is 1.47 bits per heavy atom. The number of aromatic nitrogens is 4. The summed E-state index contributed by atoms with van der Waals surface area (Å²) in [4.78, 5) is 0. The van der Waals surface area contributed by atoms with Crippen LogP contribution in [0.15, 0.2) is 12.3 Å². The van der Waals surface area contributed by atoms with Crippen molar-refractivity contribution in [1.82, 2.24) is 20.0 Å². The van der Waals surface area contributed by atoms with Crippen molar-refractivity contribution in [2.75, 3.05) is 5.73 Å². The van der Waals surface area contributed by atoms with E-state index in [2.05, 4.69) is 15.3 Å². The molecule has 8 heteroatoms. The first kappa shape index (κ1) is 9.97. The van der Waals surface area contributed by atoms with Crippen LogP contribution in [-0.2, 0) is 6.54 Å². The largest absolute Gasteiger partial charge is 0.374 e. The maximum atomic E-state index is 12.0. The fraction of sp³-hybridized carbons (Fsp3) is 0.286. The van der Waals surface area contributed by atoms with E-state index in [4.69, 9.17) is 5.73 Å². The van der Waals surface area contributed by atoms with E-state index in [1.807, 2.05) is 0 Å². The van der Waals surface area contributed by atoms with Crippen molar-refractivity contribution in [3.63, 3.8) is 0 Å². The van der Waals surface area contributed by atoms with Crippen molar-refractivity contribution in [1.29, 1.82) is 0 Å². The van der Waals surface area contributed by atoms with Gasteiger partial charge in [-0.15, -0.1) is 10.2 Å². The van der Waals surface area contributed by atoms with Crippen LogP contribution >= 0.6 is 11.3 Å². The molecule has 0 atom stereocenters. The zero-order valence-corrected chi connectivity index (χ0v) is 8.29. The summed E-state index contributed by atoms with van der Waals surface area (Å²) in [6.45, 7) is -0.422. The Labute approximate surface area is 87.5 Å². The molecule has 2 N–H and O–H groups in total. The third-order valence-corrected chi connectivity index (χ3v) is 2.40. The van der Waals surface area contributed by atoms with Crippen LogP contribution in [0, 0.1) is 0 Å². The Hall–Kier alpha value is -1.57. The summed E-state index contributed by atoms with van der Waals surface area (Å²) >= 11 is 1.17. The Morgan fingerprint density at radius 2 is 2.27 bits per heavy atom. The van der Waals surface area contributed by atoms with Gasteiger partial charge in [0.2, 0.25) is 5.13 Å². The van der Waals surface area contributed by atoms with E-state index in [0.29, 0.717) is 15.8 Å². The van der Waals surface area contributed by atoms with Crippen LogP contribution in [0.25, 0.3) is 10.7 Å². The van der Waals surface area contributed by atoms with E-state index in [1.165, 1.54) is 17.5 Å². The van der Waals surface area contributed by atoms with E-state index < -0.39 is 13.0 Å². The lowest BCUT2D eigenvalue weighted by molar-refractivity contribution is 0.122. The van der Waals surface area contributed by atoms with Gasteiger partial charge < -0.3 is 5.73 Å². The molecule has 0 spiro atoms. The van der Waals surface area contributed by atoms with Crippen molar-refractivity contribution in [2.45, 2.75) is 13.0 Å². The first-order valence-corrected chi connectivity index (χ1v) is 4.88. The van der Waals surface area contributed by atoms with Crippen LogP contribution in [0.2, 0.25) is 0 Å². The second-order valence-corrected chi connectivity index (χ2v) is 3.77. The summed E-state index contributed by atoms with van der Waals surface area (Å²) in [6, 6.07) is 1.60. The first-order valence-electron chi connectivity index (χ1n) is 4.06. The van der Waals surface area contributed by atoms with Crippen molar-refractivity contribution < 1.29 is 8.78 Å². The van der Waals surface area contributed by atoms with Gasteiger partial charge in [0, 0.05) is 6.20 Å². The van der Waals surface area contributed by atoms with Crippen LogP contribution in [0.3, 0.4) is 0 Å². The molecule has 0 saturated carbocycles. The summed E-state index contributed by atoms with van der Waals surface area (Å²) in [5.74, 6) is 0. The minimum absolute atomic E-state index is 0.327. The van der Waals surface area contributed by atoms with Gasteiger partial charge in [-0.3, -0.25) is 4.68 Å². The zero-order chi connectivity index (χ0) is 10.8. The number of nitrogen functional groups attached to an aromatic ring is 1. The Kier molecular flexibility index (Phi) is 2.58. The molecule has 15 heavy (non-hydrogen) atoms. The van der Waals surface area contributed by atoms with Crippen LogP contribution in [-0.4, -0.2) is 26.4 Å². The number of halogens is 2. The van der Waals surface area contributed by atoms with Crippen LogP contribution in [0.5, 0.6) is 0 Å². The summed E-state index contributed by atoms with van der Waals surface area (Å²) in [5.41, 5.74) is 5.90. The van der Waals surface area contributed by atoms with Crippen molar-refractivity contribution >= 4 is 16.5 Å². The molecule has 2 aromatic rings. The highest BCUT2D eigenvalue weighted by atomic mass is 32.1. The SMILES string of the molecule is Nc1nnc(-c2ccn(CC(F)F)n2)s1. The Balaban J connectivity index is 2.20. The summed E-state index contributed by atoms with van der Waals surface area (Å²) in [7, 11) is 0. The van der Waals surface area contributed by atoms with Crippen LogP contribution < -0.4 is 5.73 Å². The van der Waals surface area contributed by atoms with Crippen LogP contribution in [0.4, 0.5) is 13.9 Å². The summed E-state index contributed by atoms with van der Waals surface area (Å²) < 4.78 is 25.2. The van der Waals surface area contributed by atoms with Gasteiger partial charge in [-0.05, 0) is 6.07 Å². The molecule has 0 saturated heterocycles. The van der Waals surface area contributed by atoms with Gasteiger partial charge >= 0.3 is 0 Å². The minimum Gasteiger partial charge on any atom is -0.374 e. The molecule has 0 unspecified atom stereocenters. The number of rotatable bonds is 3. The van der Waals surface area contributed by atoms with Crippen molar-refractivity contribution in [2.24, 2.45) is 0 Å². The zero-order valence-electron chi connectivity index (χ0n) is 7.47. The fourth-order valence-electron chi connectivity index (χ4n) is 1.06. The Morgan fingerprint density at radius 3 is 2.87 bits per heavy atom. The molecule has 0 aliphatic carbocycles. The highest BCUT2D eigenvalue weighted by molar-refractivity contribution is 7.18. The highest BCUT2D eigenvalue weighted by Gasteiger charge is 2.10. The molecule has 0 amide bonds. The standard InChI is InChI=1S/C7H7F2N5S/c8-5(9)3-14-2-1-4(13-14)6-11-12-7(10)15-6/h1-2,5H,3H2,(H2,10,12). The second-order valence-electron chi connectivity index (χ2n) is 2.76. The molecular formula is C7H7F2N5S. The summed E-state index contributed by atoms with van der Waals surface area (Å²) in [5, 5.41) is 12.1. The van der Waals surface area contributed by atoms with Gasteiger partial charge in [-0.25, -0.2) is 8.78 Å². The molecule has 80 valence electrons. The van der Waals surface area contributed by atoms with E-state index >= 15 is 0 Å². The van der Waals surface area contributed by atoms with Crippen molar-refractivity contribution in [3.8, 4) is 10.7 Å². The molecule has 0 radical (unpaired) electrons. The number of hydrogen-bond donors (Lipinski definition) is 1. The van der Waals surface area contributed by atoms with Gasteiger partial charge in [0.1, 0.15) is 12.2 Å². The van der Waals surface area contributed by atoms with Gasteiger partial charge in [-0.2, -0.15) is 5.10 Å². The average molecular weight is 231 g/mol. The second kappa shape index (κ2) is 3.89. The topological polar surface area (TPSA) is 69.6 Å². The highest BCUT2D eigenvalue weighted by Crippen LogP contribution is 2.22. The molecule has 0 bridgehead atoms. The third kappa shape index (κ3) is 2.27. The fourth-order valence-corrected chi connectivity index (χ4v) is 1.63. The van der Waals surface area contributed by atoms with Gasteiger partial charge in [0.25, 0.3) is 6.43 Å². The van der Waals surface area contributed by atoms with Crippen LogP contribution in [0.1, 0.15) is 0 Å². The quantitative estimate of drug-likeness (QED) is 0.863. The Bertz CT molecular complexity index is 452. The number of nitrogens with two attached hydrogens (primary N) is 1. The maximum absolute atomic E-state index is 12.0. The molecule has 2 rings (SSSR count). The summed E-state index contributed by atoms with van der Waals surface area (Å²) in [6.07, 6.45) is -0.948. The molecule has 5 nitrogen and oxygen atoms in total. The molecule has 0 fully saturated rings. The number of nitrogens with zero attached hydrogens (tertiary/aromatic N) is 4. The molecule has 2 aromatic heterocycles. The number of hydrogen-bond acceptors (Lipinski definition) is 5. The number of alkyl halides is 2. The predicted octanol–water partition coefficient (Wildman–Crippen LogP) is 1.25. The molecule has 0 aliphatic rings. The lowest BCUT2D eigenvalue weighted by Crippen LogP contribution is -2.06. The van der Waals surface area contributed by atoms with Gasteiger partial charge in [0.05, 0.1) is 0 Å². The smallest absolute Gasteiger partial charge is 0.257 e. The van der Waals surface area contributed by atoms with E-state index in [-0.39, 0.29) is 0 Å². The first-order chi connectivity index (χ1) is 7.15. The van der Waals surface area contributed by atoms with Gasteiger partial charge in [0.15, 0.2) is 5.01 Å². The predicted molar refractivity (Wildman–Crippen MR) is 51.5 cm³/mol. The van der Waals surface area contributed by atoms with E-state index in [1.54, 1.807) is 6.07 Å². The third-order valence-electron chi connectivity index (χ3n) is 1.63. The minimum atomic E-state index is -2.42. The number of anilines is 1. The molecule has 0 aliphatic heterocycles. The van der Waals surface area contributed by atoms with E-state index in [0.717, 1.165) is 4.68 Å². The monoisotopic (exact) mass is 231 g/mol. The molecular weight excluding hydrogens is 224 g/mol. The lowest BCUT2D eigenvalue weighted by atomic mass is 10.5. The molecule has 0 aromatic carbocycles. The normalized spacial score (nSPS) is 11.1. The van der Waals surface area contributed by atoms with Crippen molar-refractivity contribution in [3.05, 3.63) is 12.3 Å². The van der Waals surface area contributed by atoms with E-state index in [9.17, 15) is 8.78 Å². The molecule has 2 heterocycles.